The number of benzene rings is 1. The van der Waals surface area contributed by atoms with Gasteiger partial charge in [0.2, 0.25) is 24.2 Å². The predicted octanol–water partition coefficient (Wildman–Crippen LogP) is 6.57. The van der Waals surface area contributed by atoms with Gasteiger partial charge >= 0.3 is 12.1 Å². The van der Waals surface area contributed by atoms with Crippen molar-refractivity contribution in [2.24, 2.45) is 0 Å². The molecule has 5 N–H and O–H groups in total. The Hall–Kier alpha value is -3.86. The van der Waals surface area contributed by atoms with Gasteiger partial charge in [0, 0.05) is 18.5 Å². The van der Waals surface area contributed by atoms with Gasteiger partial charge in [-0.15, -0.1) is 0 Å². The van der Waals surface area contributed by atoms with Crippen LogP contribution in [0, 0.1) is 0 Å². The van der Waals surface area contributed by atoms with Crippen LogP contribution in [0.4, 0.5) is 4.79 Å². The molecule has 0 aliphatic rings. The third-order valence-electron chi connectivity index (χ3n) is 7.10. The molecule has 0 bridgehead atoms. The van der Waals surface area contributed by atoms with Crippen LogP contribution < -0.4 is 0 Å². The van der Waals surface area contributed by atoms with Gasteiger partial charge in [-0.25, -0.2) is 9.36 Å². The monoisotopic (exact) mass is 604 g/mol. The normalized spacial score (nSPS) is 11.8. The zero-order valence-electron chi connectivity index (χ0n) is 25.7. The zero-order chi connectivity index (χ0) is 31.8. The number of allylic oxidation sites excluding steroid dienone is 4. The van der Waals surface area contributed by atoms with Gasteiger partial charge in [-0.05, 0) is 59.0 Å². The lowest BCUT2D eigenvalue weighted by Crippen LogP contribution is -2.18. The number of esters is 1. The van der Waals surface area contributed by atoms with Crippen LogP contribution in [0.15, 0.2) is 24.3 Å². The van der Waals surface area contributed by atoms with Gasteiger partial charge in [0.25, 0.3) is 0 Å². The van der Waals surface area contributed by atoms with Gasteiger partial charge in [0.05, 0.1) is 5.39 Å². The van der Waals surface area contributed by atoms with Gasteiger partial charge in [-0.3, -0.25) is 4.79 Å². The molecular formula is C32H48N2O9. The summed E-state index contributed by atoms with van der Waals surface area (Å²) in [5.74, 6) is -5.02. The van der Waals surface area contributed by atoms with Crippen LogP contribution >= 0.6 is 0 Å². The topological polar surface area (TPSA) is 162 Å². The number of aromatic nitrogens is 1. The summed E-state index contributed by atoms with van der Waals surface area (Å²) in [5.41, 5.74) is -0.414. The second-order valence-corrected chi connectivity index (χ2v) is 10.8. The van der Waals surface area contributed by atoms with E-state index < -0.39 is 53.3 Å². The van der Waals surface area contributed by atoms with Gasteiger partial charge in [-0.2, -0.15) is 0 Å². The summed E-state index contributed by atoms with van der Waals surface area (Å²) in [6.45, 7) is 1.86. The van der Waals surface area contributed by atoms with Crippen molar-refractivity contribution in [3.8, 4) is 28.9 Å². The number of ether oxygens (including phenoxy) is 2. The maximum Gasteiger partial charge on any atom is 0.424 e. The Morgan fingerprint density at radius 3 is 2.02 bits per heavy atom. The van der Waals surface area contributed by atoms with Crippen LogP contribution in [0.1, 0.15) is 89.5 Å². The molecule has 0 amide bonds. The third kappa shape index (κ3) is 10.7. The molecule has 2 aromatic rings. The maximum absolute atomic E-state index is 12.8. The molecule has 1 aromatic heterocycles. The number of aromatic hydroxyl groups is 5. The van der Waals surface area contributed by atoms with Crippen LogP contribution in [-0.2, 0) is 20.7 Å². The Balaban J connectivity index is 1.76. The van der Waals surface area contributed by atoms with Crippen molar-refractivity contribution in [1.29, 1.82) is 0 Å². The Morgan fingerprint density at radius 1 is 0.767 bits per heavy atom. The molecule has 0 saturated carbocycles. The first-order valence-corrected chi connectivity index (χ1v) is 15.1. The zero-order valence-corrected chi connectivity index (χ0v) is 25.7. The minimum absolute atomic E-state index is 0.0436. The number of carbonyl (C=O) groups excluding carboxylic acids is 2. The quantitative estimate of drug-likeness (QED) is 0.0296. The number of hydrogen-bond donors (Lipinski definition) is 5. The number of hydrogen-bond acceptors (Lipinski definition) is 10. The molecule has 0 radical (unpaired) electrons. The van der Waals surface area contributed by atoms with Crippen molar-refractivity contribution in [2.45, 2.75) is 90.4 Å². The number of phenols is 4. The lowest BCUT2D eigenvalue weighted by Gasteiger charge is -2.10. The fourth-order valence-corrected chi connectivity index (χ4v) is 4.65. The van der Waals surface area contributed by atoms with Crippen LogP contribution in [0.2, 0.25) is 0 Å². The summed E-state index contributed by atoms with van der Waals surface area (Å²) in [5, 5.41) is 51.4. The van der Waals surface area contributed by atoms with E-state index in [2.05, 4.69) is 31.2 Å². The number of unbranched alkanes of at least 4 members (excludes halogenated alkanes) is 8. The Kier molecular flexibility index (Phi) is 15.3. The molecule has 11 nitrogen and oxygen atoms in total. The van der Waals surface area contributed by atoms with Gasteiger partial charge in [0.15, 0.2) is 11.5 Å². The highest BCUT2D eigenvalue weighted by Crippen LogP contribution is 2.52. The van der Waals surface area contributed by atoms with E-state index in [1.807, 2.05) is 0 Å². The number of carbonyl (C=O) groups is 2. The molecule has 0 unspecified atom stereocenters. The number of phenolic OH excluding ortho intramolecular Hbond substituents is 4. The summed E-state index contributed by atoms with van der Waals surface area (Å²) in [6.07, 6.45) is 19.6. The minimum Gasteiger partial charge on any atom is -0.504 e. The van der Waals surface area contributed by atoms with Gasteiger partial charge in [-0.1, -0.05) is 63.3 Å². The average Bonchev–Trinajstić information content (AvgIpc) is 3.27. The molecule has 240 valence electrons. The van der Waals surface area contributed by atoms with Crippen molar-refractivity contribution in [3.05, 3.63) is 29.9 Å². The summed E-state index contributed by atoms with van der Waals surface area (Å²) in [7, 11) is 3.54. The van der Waals surface area contributed by atoms with Crippen LogP contribution in [0.5, 0.6) is 28.9 Å². The molecule has 0 spiro atoms. The standard InChI is InChI=1S/C32H48N2O9/c1-4-5-6-7-8-9-10-11-12-13-14-15-16-17-18-19-24(35)42-22-43-32(41)34-26-25(23(31(34)40)20-21-33(2)3)27(36)29(38)30(39)28(26)37/h8-9,11-12,36-40H,4-7,10,13-22H2,1-3H3/b9-8-,12-11-. The van der Waals surface area contributed by atoms with Gasteiger partial charge in [0.1, 0.15) is 5.52 Å². The molecule has 0 aliphatic heterocycles. The molecule has 2 rings (SSSR count). The highest BCUT2D eigenvalue weighted by Gasteiger charge is 2.31. The maximum atomic E-state index is 12.8. The van der Waals surface area contributed by atoms with E-state index in [4.69, 9.17) is 9.47 Å². The molecule has 0 saturated heterocycles. The van der Waals surface area contributed by atoms with E-state index in [1.54, 1.807) is 19.0 Å². The van der Waals surface area contributed by atoms with Crippen molar-refractivity contribution in [3.63, 3.8) is 0 Å². The highest BCUT2D eigenvalue weighted by atomic mass is 16.7. The lowest BCUT2D eigenvalue weighted by atomic mass is 10.1. The van der Waals surface area contributed by atoms with E-state index in [0.29, 0.717) is 17.5 Å². The number of nitrogens with zero attached hydrogens (tertiary/aromatic N) is 2. The first-order valence-electron chi connectivity index (χ1n) is 15.1. The highest BCUT2D eigenvalue weighted by molar-refractivity contribution is 6.04. The van der Waals surface area contributed by atoms with Crippen LogP contribution in [-0.4, -0.2) is 74.5 Å². The first-order chi connectivity index (χ1) is 20.6. The van der Waals surface area contributed by atoms with E-state index in [-0.39, 0.29) is 23.8 Å². The van der Waals surface area contributed by atoms with Gasteiger partial charge < -0.3 is 39.9 Å². The van der Waals surface area contributed by atoms with E-state index >= 15 is 0 Å². The Labute approximate surface area is 253 Å². The molecule has 43 heavy (non-hydrogen) atoms. The minimum atomic E-state index is -1.22. The summed E-state index contributed by atoms with van der Waals surface area (Å²) in [4.78, 5) is 26.7. The van der Waals surface area contributed by atoms with Crippen molar-refractivity contribution < 1.29 is 44.6 Å². The van der Waals surface area contributed by atoms with Crippen molar-refractivity contribution in [1.82, 2.24) is 9.47 Å². The van der Waals surface area contributed by atoms with Crippen LogP contribution in [0.25, 0.3) is 10.9 Å². The SMILES string of the molecule is CCCCC/C=C\C/C=C\CCCCCCCC(=O)OCOC(=O)n1c(O)c(CCN(C)C)c2c(O)c(O)c(O)c(O)c21. The summed E-state index contributed by atoms with van der Waals surface area (Å²) < 4.78 is 10.5. The van der Waals surface area contributed by atoms with Crippen LogP contribution in [0.3, 0.4) is 0 Å². The van der Waals surface area contributed by atoms with E-state index in [9.17, 15) is 35.1 Å². The fraction of sp³-hybridized carbons (Fsp3) is 0.562. The van der Waals surface area contributed by atoms with Crippen molar-refractivity contribution in [2.75, 3.05) is 27.4 Å². The second-order valence-electron chi connectivity index (χ2n) is 10.8. The average molecular weight is 605 g/mol. The molecule has 11 heteroatoms. The molecule has 0 aliphatic carbocycles. The van der Waals surface area contributed by atoms with Crippen molar-refractivity contribution >= 4 is 23.0 Å². The Bertz CT molecular complexity index is 1250. The van der Waals surface area contributed by atoms with E-state index in [0.717, 1.165) is 44.9 Å². The number of rotatable bonds is 19. The molecule has 1 heterocycles. The molecule has 0 atom stereocenters. The predicted molar refractivity (Wildman–Crippen MR) is 165 cm³/mol. The Morgan fingerprint density at radius 2 is 1.37 bits per heavy atom. The first kappa shape index (κ1) is 35.3. The number of fused-ring (bicyclic) bond motifs is 1. The smallest absolute Gasteiger partial charge is 0.424 e. The molecular weight excluding hydrogens is 556 g/mol. The molecule has 0 fully saturated rings. The summed E-state index contributed by atoms with van der Waals surface area (Å²) >= 11 is 0. The third-order valence-corrected chi connectivity index (χ3v) is 7.10. The largest absolute Gasteiger partial charge is 0.504 e. The lowest BCUT2D eigenvalue weighted by molar-refractivity contribution is -0.151. The second kappa shape index (κ2) is 18.6. The number of likely N-dealkylation sites (N-methyl/N-ethyl adjacent to an activating group) is 1. The summed E-state index contributed by atoms with van der Waals surface area (Å²) in [6, 6.07) is 0. The van der Waals surface area contributed by atoms with E-state index in [1.165, 1.54) is 19.3 Å². The molecule has 1 aromatic carbocycles. The fourth-order valence-electron chi connectivity index (χ4n) is 4.65.